The summed E-state index contributed by atoms with van der Waals surface area (Å²) in [5, 5.41) is 10.3. The van der Waals surface area contributed by atoms with E-state index in [1.807, 2.05) is 18.7 Å². The number of fused-ring (bicyclic) bond motifs is 1. The molecule has 4 rings (SSSR count). The molecule has 5 heteroatoms. The van der Waals surface area contributed by atoms with Crippen molar-refractivity contribution < 1.29 is 14.6 Å². The predicted molar refractivity (Wildman–Crippen MR) is 103 cm³/mol. The number of aliphatic hydroxyl groups is 1. The monoisotopic (exact) mass is 364 g/mol. The Balaban J connectivity index is 1.33. The average molecular weight is 365 g/mol. The zero-order valence-corrected chi connectivity index (χ0v) is 16.9. The molecule has 3 unspecified atom stereocenters. The summed E-state index contributed by atoms with van der Waals surface area (Å²) in [5.41, 5.74) is 1.87. The van der Waals surface area contributed by atoms with Crippen molar-refractivity contribution in [2.45, 2.75) is 46.6 Å². The van der Waals surface area contributed by atoms with E-state index >= 15 is 0 Å². The van der Waals surface area contributed by atoms with Crippen LogP contribution < -0.4 is 0 Å². The van der Waals surface area contributed by atoms with E-state index in [9.17, 15) is 9.90 Å². The Hall–Kier alpha value is -0.910. The van der Waals surface area contributed by atoms with Gasteiger partial charge in [0, 0.05) is 38.6 Å². The summed E-state index contributed by atoms with van der Waals surface area (Å²) in [7, 11) is 0. The van der Waals surface area contributed by atoms with Gasteiger partial charge in [-0.15, -0.1) is 0 Å². The molecule has 2 fully saturated rings. The van der Waals surface area contributed by atoms with Crippen LogP contribution >= 0.6 is 0 Å². The fourth-order valence-electron chi connectivity index (χ4n) is 4.82. The third-order valence-corrected chi connectivity index (χ3v) is 6.81. The van der Waals surface area contributed by atoms with Gasteiger partial charge in [-0.25, -0.2) is 0 Å². The highest BCUT2D eigenvalue weighted by atomic mass is 16.5. The predicted octanol–water partition coefficient (Wildman–Crippen LogP) is 2.16. The molecule has 1 aliphatic heterocycles. The zero-order chi connectivity index (χ0) is 18.9. The molecule has 1 heterocycles. The SMILES string of the molecule is CC(C)C(=O)N1CCN(CC(O)COCC2=CCC3CC2C3(C)C)CC1. The minimum Gasteiger partial charge on any atom is -0.389 e. The first kappa shape index (κ1) is 19.8. The van der Waals surface area contributed by atoms with Crippen molar-refractivity contribution in [1.29, 1.82) is 0 Å². The molecule has 4 aliphatic rings. The highest BCUT2D eigenvalue weighted by Gasteiger charge is 2.50. The first-order valence-electron chi connectivity index (χ1n) is 10.2. The van der Waals surface area contributed by atoms with E-state index in [4.69, 9.17) is 4.74 Å². The van der Waals surface area contributed by atoms with Crippen molar-refractivity contribution >= 4 is 5.91 Å². The molecule has 2 bridgehead atoms. The molecule has 3 aliphatic carbocycles. The summed E-state index contributed by atoms with van der Waals surface area (Å²) in [4.78, 5) is 16.2. The van der Waals surface area contributed by atoms with Gasteiger partial charge in [-0.3, -0.25) is 9.69 Å². The molecule has 1 amide bonds. The molecule has 148 valence electrons. The fourth-order valence-corrected chi connectivity index (χ4v) is 4.82. The number of nitrogens with zero attached hydrogens (tertiary/aromatic N) is 2. The molecule has 1 saturated carbocycles. The van der Waals surface area contributed by atoms with Crippen LogP contribution in [0.5, 0.6) is 0 Å². The van der Waals surface area contributed by atoms with Crippen LogP contribution in [0.15, 0.2) is 11.6 Å². The molecule has 1 saturated heterocycles. The highest BCUT2D eigenvalue weighted by Crippen LogP contribution is 2.59. The average Bonchev–Trinajstić information content (AvgIpc) is 2.61. The zero-order valence-electron chi connectivity index (χ0n) is 16.9. The summed E-state index contributed by atoms with van der Waals surface area (Å²) < 4.78 is 5.85. The van der Waals surface area contributed by atoms with Crippen LogP contribution in [-0.4, -0.2) is 72.9 Å². The van der Waals surface area contributed by atoms with Crippen LogP contribution in [-0.2, 0) is 9.53 Å². The first-order valence-corrected chi connectivity index (χ1v) is 10.2. The molecule has 5 nitrogen and oxygen atoms in total. The number of carbonyl (C=O) groups excluding carboxylic acids is 1. The van der Waals surface area contributed by atoms with Crippen LogP contribution in [0.4, 0.5) is 0 Å². The lowest BCUT2D eigenvalue weighted by atomic mass is 9.49. The van der Waals surface area contributed by atoms with Crippen molar-refractivity contribution in [2.24, 2.45) is 23.2 Å². The quantitative estimate of drug-likeness (QED) is 0.704. The number of hydrogen-bond donors (Lipinski definition) is 1. The van der Waals surface area contributed by atoms with Gasteiger partial charge in [-0.2, -0.15) is 0 Å². The molecule has 0 spiro atoms. The second kappa shape index (κ2) is 7.99. The summed E-state index contributed by atoms with van der Waals surface area (Å²) >= 11 is 0. The summed E-state index contributed by atoms with van der Waals surface area (Å²) in [6, 6.07) is 0. The number of hydrogen-bond acceptors (Lipinski definition) is 4. The van der Waals surface area contributed by atoms with Crippen molar-refractivity contribution in [3.05, 3.63) is 11.6 Å². The van der Waals surface area contributed by atoms with E-state index < -0.39 is 6.10 Å². The lowest BCUT2D eigenvalue weighted by Crippen LogP contribution is -2.51. The molecule has 1 N–H and O–H groups in total. The Bertz CT molecular complexity index is 535. The van der Waals surface area contributed by atoms with Crippen molar-refractivity contribution in [1.82, 2.24) is 9.80 Å². The topological polar surface area (TPSA) is 53.0 Å². The van der Waals surface area contributed by atoms with Gasteiger partial charge in [0.15, 0.2) is 0 Å². The standard InChI is InChI=1S/C21H36N2O3/c1-15(2)20(25)23-9-7-22(8-10-23)12-18(24)14-26-13-16-5-6-17-11-19(16)21(17,3)4/h5,15,17-19,24H,6-14H2,1-4H3. The van der Waals surface area contributed by atoms with Crippen molar-refractivity contribution in [3.8, 4) is 0 Å². The lowest BCUT2D eigenvalue weighted by Gasteiger charge is -2.56. The number of carbonyl (C=O) groups is 1. The third kappa shape index (κ3) is 4.15. The van der Waals surface area contributed by atoms with E-state index in [1.165, 1.54) is 18.4 Å². The smallest absolute Gasteiger partial charge is 0.225 e. The van der Waals surface area contributed by atoms with Crippen LogP contribution in [0.3, 0.4) is 0 Å². The molecule has 0 aromatic carbocycles. The van der Waals surface area contributed by atoms with Gasteiger partial charge in [-0.1, -0.05) is 33.8 Å². The number of β-amino-alcohol motifs (C(OH)–C–C–N with tert-alkyl or cyclic N) is 1. The van der Waals surface area contributed by atoms with E-state index in [0.29, 0.717) is 31.1 Å². The van der Waals surface area contributed by atoms with Gasteiger partial charge in [-0.05, 0) is 35.7 Å². The van der Waals surface area contributed by atoms with Gasteiger partial charge < -0.3 is 14.7 Å². The van der Waals surface area contributed by atoms with Crippen molar-refractivity contribution in [3.63, 3.8) is 0 Å². The van der Waals surface area contributed by atoms with Gasteiger partial charge in [0.2, 0.25) is 5.91 Å². The molecule has 0 radical (unpaired) electrons. The molecular weight excluding hydrogens is 328 g/mol. The highest BCUT2D eigenvalue weighted by molar-refractivity contribution is 5.78. The third-order valence-electron chi connectivity index (χ3n) is 6.81. The Morgan fingerprint density at radius 2 is 2.00 bits per heavy atom. The Labute approximate surface area is 158 Å². The maximum Gasteiger partial charge on any atom is 0.225 e. The van der Waals surface area contributed by atoms with Crippen LogP contribution in [0, 0.1) is 23.2 Å². The number of rotatable bonds is 7. The van der Waals surface area contributed by atoms with Gasteiger partial charge in [0.1, 0.15) is 0 Å². The van der Waals surface area contributed by atoms with Gasteiger partial charge in [0.25, 0.3) is 0 Å². The minimum atomic E-state index is -0.464. The Morgan fingerprint density at radius 3 is 2.58 bits per heavy atom. The summed E-state index contributed by atoms with van der Waals surface area (Å²) in [5.74, 6) is 1.81. The summed E-state index contributed by atoms with van der Waals surface area (Å²) in [6.45, 7) is 13.5. The van der Waals surface area contributed by atoms with E-state index in [0.717, 1.165) is 32.1 Å². The van der Waals surface area contributed by atoms with Crippen LogP contribution in [0.1, 0.15) is 40.5 Å². The Kier molecular flexibility index (Phi) is 6.10. The summed E-state index contributed by atoms with van der Waals surface area (Å²) in [6.07, 6.45) is 4.39. The Morgan fingerprint density at radius 1 is 1.31 bits per heavy atom. The number of aliphatic hydroxyl groups excluding tert-OH is 1. The van der Waals surface area contributed by atoms with Gasteiger partial charge in [0.05, 0.1) is 19.3 Å². The van der Waals surface area contributed by atoms with E-state index in [2.05, 4.69) is 24.8 Å². The molecule has 26 heavy (non-hydrogen) atoms. The number of allylic oxidation sites excluding steroid dienone is 1. The molecule has 3 atom stereocenters. The molecular formula is C21H36N2O3. The minimum absolute atomic E-state index is 0.0607. The number of piperazine rings is 1. The van der Waals surface area contributed by atoms with Gasteiger partial charge >= 0.3 is 0 Å². The molecule has 0 aromatic rings. The largest absolute Gasteiger partial charge is 0.389 e. The maximum absolute atomic E-state index is 12.0. The van der Waals surface area contributed by atoms with Crippen LogP contribution in [0.2, 0.25) is 0 Å². The molecule has 0 aromatic heterocycles. The number of amides is 1. The van der Waals surface area contributed by atoms with Crippen molar-refractivity contribution in [2.75, 3.05) is 45.9 Å². The second-order valence-corrected chi connectivity index (χ2v) is 9.27. The maximum atomic E-state index is 12.0. The fraction of sp³-hybridized carbons (Fsp3) is 0.857. The van der Waals surface area contributed by atoms with E-state index in [-0.39, 0.29) is 11.8 Å². The van der Waals surface area contributed by atoms with Crippen LogP contribution in [0.25, 0.3) is 0 Å². The van der Waals surface area contributed by atoms with E-state index in [1.54, 1.807) is 0 Å². The second-order valence-electron chi connectivity index (χ2n) is 9.27. The number of ether oxygens (including phenoxy) is 1. The first-order chi connectivity index (χ1) is 12.3. The normalized spacial score (nSPS) is 29.3. The lowest BCUT2D eigenvalue weighted by molar-refractivity contribution is -0.136.